The molecule has 1 aromatic rings. The van der Waals surface area contributed by atoms with Gasteiger partial charge in [0, 0.05) is 13.6 Å². The number of carbonyl (C=O) groups excluding carboxylic acids is 1. The van der Waals surface area contributed by atoms with Crippen LogP contribution in [-0.4, -0.2) is 39.4 Å². The molecular weight excluding hydrogens is 278 g/mol. The molecule has 0 unspecified atom stereocenters. The molecule has 0 heterocycles. The Balaban J connectivity index is 3.04. The number of carbonyl (C=O) groups is 1. The van der Waals surface area contributed by atoms with Crippen molar-refractivity contribution in [3.05, 3.63) is 29.3 Å². The Bertz CT molecular complexity index is 595. The van der Waals surface area contributed by atoms with Gasteiger partial charge < -0.3 is 4.74 Å². The molecule has 0 radical (unpaired) electrons. The van der Waals surface area contributed by atoms with Gasteiger partial charge in [-0.25, -0.2) is 12.7 Å². The molecule has 20 heavy (non-hydrogen) atoms. The first kappa shape index (κ1) is 16.7. The fourth-order valence-electron chi connectivity index (χ4n) is 1.91. The maximum atomic E-state index is 12.5. The summed E-state index contributed by atoms with van der Waals surface area (Å²) in [5.74, 6) is -0.932. The molecule has 0 bridgehead atoms. The van der Waals surface area contributed by atoms with Crippen LogP contribution < -0.4 is 0 Å². The summed E-state index contributed by atoms with van der Waals surface area (Å²) in [6, 6.07) is 5.29. The third kappa shape index (κ3) is 3.58. The molecule has 5 nitrogen and oxygen atoms in total. The summed E-state index contributed by atoms with van der Waals surface area (Å²) < 4.78 is 30.9. The molecule has 0 saturated heterocycles. The summed E-state index contributed by atoms with van der Waals surface area (Å²) in [6.07, 6.45) is 0. The van der Waals surface area contributed by atoms with E-state index in [1.54, 1.807) is 26.0 Å². The molecule has 0 aliphatic rings. The molecule has 0 aromatic heterocycles. The van der Waals surface area contributed by atoms with Crippen molar-refractivity contribution in [1.29, 1.82) is 0 Å². The van der Waals surface area contributed by atoms with Crippen LogP contribution in [0.3, 0.4) is 0 Å². The number of hydrogen-bond acceptors (Lipinski definition) is 4. The first-order valence-electron chi connectivity index (χ1n) is 6.31. The van der Waals surface area contributed by atoms with Crippen LogP contribution in [0.4, 0.5) is 0 Å². The Kier molecular flexibility index (Phi) is 5.30. The summed E-state index contributed by atoms with van der Waals surface area (Å²) in [5.41, 5.74) is 1.57. The maximum absolute atomic E-state index is 12.5. The van der Waals surface area contributed by atoms with Crippen LogP contribution in [-0.2, 0) is 19.6 Å². The molecule has 0 aliphatic carbocycles. The van der Waals surface area contributed by atoms with E-state index < -0.39 is 21.9 Å². The monoisotopic (exact) mass is 299 g/mol. The lowest BCUT2D eigenvalue weighted by atomic mass is 10.2. The Morgan fingerprint density at radius 3 is 2.50 bits per heavy atom. The van der Waals surface area contributed by atoms with Crippen molar-refractivity contribution in [2.45, 2.75) is 25.7 Å². The van der Waals surface area contributed by atoms with E-state index in [4.69, 9.17) is 0 Å². The van der Waals surface area contributed by atoms with Crippen molar-refractivity contribution in [3.63, 3.8) is 0 Å². The van der Waals surface area contributed by atoms with Gasteiger partial charge in [-0.05, 0) is 31.0 Å². The minimum Gasteiger partial charge on any atom is -0.469 e. The highest BCUT2D eigenvalue weighted by atomic mass is 32.2. The standard InChI is InChI=1S/C14H21NO4S/c1-10-6-7-11(2)13(8-10)20(17,18)15(4)9-12(3)14(16)19-5/h6-8,12H,9H2,1-5H3/t12-/m0/s1. The number of nitrogens with zero attached hydrogens (tertiary/aromatic N) is 1. The Morgan fingerprint density at radius 1 is 1.35 bits per heavy atom. The van der Waals surface area contributed by atoms with E-state index in [1.165, 1.54) is 18.5 Å². The highest BCUT2D eigenvalue weighted by Crippen LogP contribution is 2.21. The lowest BCUT2D eigenvalue weighted by molar-refractivity contribution is -0.144. The SMILES string of the molecule is COC(=O)[C@@H](C)CN(C)S(=O)(=O)c1cc(C)ccc1C. The van der Waals surface area contributed by atoms with Gasteiger partial charge in [0.25, 0.3) is 0 Å². The molecule has 1 rings (SSSR count). The highest BCUT2D eigenvalue weighted by molar-refractivity contribution is 7.89. The van der Waals surface area contributed by atoms with Gasteiger partial charge in [0.15, 0.2) is 0 Å². The lowest BCUT2D eigenvalue weighted by Gasteiger charge is -2.21. The third-order valence-corrected chi connectivity index (χ3v) is 5.13. The molecule has 1 aromatic carbocycles. The van der Waals surface area contributed by atoms with Gasteiger partial charge in [-0.15, -0.1) is 0 Å². The lowest BCUT2D eigenvalue weighted by Crippen LogP contribution is -2.34. The molecule has 112 valence electrons. The minimum absolute atomic E-state index is 0.0857. The topological polar surface area (TPSA) is 63.7 Å². The van der Waals surface area contributed by atoms with Crippen molar-refractivity contribution in [3.8, 4) is 0 Å². The normalized spacial score (nSPS) is 13.3. The van der Waals surface area contributed by atoms with Gasteiger partial charge in [0.2, 0.25) is 10.0 Å². The molecular formula is C14H21NO4S. The molecule has 1 atom stereocenters. The average Bonchev–Trinajstić information content (AvgIpc) is 2.40. The third-order valence-electron chi connectivity index (χ3n) is 3.17. The van der Waals surface area contributed by atoms with Crippen molar-refractivity contribution < 1.29 is 17.9 Å². The van der Waals surface area contributed by atoms with Crippen LogP contribution in [0.5, 0.6) is 0 Å². The Labute approximate surface area is 120 Å². The summed E-state index contributed by atoms with van der Waals surface area (Å²) in [6.45, 7) is 5.32. The van der Waals surface area contributed by atoms with Gasteiger partial charge in [0.05, 0.1) is 17.9 Å². The molecule has 0 saturated carbocycles. The summed E-state index contributed by atoms with van der Waals surface area (Å²) in [7, 11) is -0.845. The molecule has 6 heteroatoms. The molecule has 0 N–H and O–H groups in total. The van der Waals surface area contributed by atoms with Gasteiger partial charge in [-0.3, -0.25) is 4.79 Å². The van der Waals surface area contributed by atoms with E-state index in [0.717, 1.165) is 5.56 Å². The number of benzene rings is 1. The Morgan fingerprint density at radius 2 is 1.95 bits per heavy atom. The Hall–Kier alpha value is -1.40. The zero-order valence-corrected chi connectivity index (χ0v) is 13.3. The number of hydrogen-bond donors (Lipinski definition) is 0. The summed E-state index contributed by atoms with van der Waals surface area (Å²) in [4.78, 5) is 11.7. The molecule has 0 aliphatic heterocycles. The van der Waals surface area contributed by atoms with Crippen molar-refractivity contribution >= 4 is 16.0 Å². The number of ether oxygens (including phenoxy) is 1. The minimum atomic E-state index is -3.60. The zero-order chi connectivity index (χ0) is 15.5. The predicted molar refractivity (Wildman–Crippen MR) is 76.9 cm³/mol. The van der Waals surface area contributed by atoms with Gasteiger partial charge in [-0.2, -0.15) is 0 Å². The second-order valence-electron chi connectivity index (χ2n) is 4.98. The number of sulfonamides is 1. The molecule has 0 fully saturated rings. The van der Waals surface area contributed by atoms with E-state index in [1.807, 2.05) is 13.0 Å². The zero-order valence-electron chi connectivity index (χ0n) is 12.5. The number of rotatable bonds is 5. The van der Waals surface area contributed by atoms with E-state index in [9.17, 15) is 13.2 Å². The van der Waals surface area contributed by atoms with Crippen molar-refractivity contribution in [2.24, 2.45) is 5.92 Å². The molecule has 0 amide bonds. The van der Waals surface area contributed by atoms with Crippen molar-refractivity contribution in [2.75, 3.05) is 20.7 Å². The highest BCUT2D eigenvalue weighted by Gasteiger charge is 2.26. The van der Waals surface area contributed by atoms with Gasteiger partial charge in [0.1, 0.15) is 0 Å². The van der Waals surface area contributed by atoms with Crippen LogP contribution in [0.25, 0.3) is 0 Å². The van der Waals surface area contributed by atoms with Crippen LogP contribution >= 0.6 is 0 Å². The second kappa shape index (κ2) is 6.37. The summed E-state index contributed by atoms with van der Waals surface area (Å²) in [5, 5.41) is 0. The number of methoxy groups -OCH3 is 1. The largest absolute Gasteiger partial charge is 0.469 e. The van der Waals surface area contributed by atoms with Crippen LogP contribution in [0.15, 0.2) is 23.1 Å². The van der Waals surface area contributed by atoms with Gasteiger partial charge >= 0.3 is 5.97 Å². The molecule has 0 spiro atoms. The van der Waals surface area contributed by atoms with Crippen LogP contribution in [0.2, 0.25) is 0 Å². The van der Waals surface area contributed by atoms with E-state index in [0.29, 0.717) is 5.56 Å². The smallest absolute Gasteiger partial charge is 0.309 e. The van der Waals surface area contributed by atoms with Crippen LogP contribution in [0.1, 0.15) is 18.1 Å². The summed E-state index contributed by atoms with van der Waals surface area (Å²) >= 11 is 0. The maximum Gasteiger partial charge on any atom is 0.309 e. The van der Waals surface area contributed by atoms with Crippen LogP contribution in [0, 0.1) is 19.8 Å². The fraction of sp³-hybridized carbons (Fsp3) is 0.500. The van der Waals surface area contributed by atoms with E-state index in [-0.39, 0.29) is 11.4 Å². The van der Waals surface area contributed by atoms with E-state index in [2.05, 4.69) is 4.74 Å². The first-order valence-corrected chi connectivity index (χ1v) is 7.75. The number of aryl methyl sites for hydroxylation is 2. The van der Waals surface area contributed by atoms with Crippen molar-refractivity contribution in [1.82, 2.24) is 4.31 Å². The first-order chi connectivity index (χ1) is 9.20. The fourth-order valence-corrected chi connectivity index (χ4v) is 3.48. The van der Waals surface area contributed by atoms with Gasteiger partial charge in [-0.1, -0.05) is 19.1 Å². The number of esters is 1. The average molecular weight is 299 g/mol. The quantitative estimate of drug-likeness (QED) is 0.777. The second-order valence-corrected chi connectivity index (χ2v) is 6.99. The predicted octanol–water partition coefficient (Wildman–Crippen LogP) is 1.73. The van der Waals surface area contributed by atoms with E-state index >= 15 is 0 Å².